The lowest BCUT2D eigenvalue weighted by atomic mass is 10.1. The third kappa shape index (κ3) is 4.13. The lowest BCUT2D eigenvalue weighted by Crippen LogP contribution is -2.35. The fraction of sp³-hybridized carbons (Fsp3) is 0.227. The number of hydrogen-bond acceptors (Lipinski definition) is 6. The summed E-state index contributed by atoms with van der Waals surface area (Å²) in [6, 6.07) is 12.5. The number of rotatable bonds is 6. The number of amides is 1. The van der Waals surface area contributed by atoms with E-state index < -0.39 is 5.97 Å². The van der Waals surface area contributed by atoms with Crippen LogP contribution in [0.1, 0.15) is 11.1 Å². The van der Waals surface area contributed by atoms with Crippen molar-refractivity contribution in [1.29, 1.82) is 0 Å². The second-order valence-corrected chi connectivity index (χ2v) is 6.91. The number of carbonyl (C=O) groups is 2. The van der Waals surface area contributed by atoms with E-state index in [4.69, 9.17) is 26.4 Å². The summed E-state index contributed by atoms with van der Waals surface area (Å²) in [5.74, 6) is 0.574. The maximum Gasteiger partial charge on any atom is 0.325 e. The van der Waals surface area contributed by atoms with Gasteiger partial charge in [0.05, 0.1) is 27.0 Å². The molecule has 0 aromatic heterocycles. The van der Waals surface area contributed by atoms with Crippen molar-refractivity contribution >= 4 is 41.0 Å². The molecule has 2 aromatic carbocycles. The number of thiocarbonyl (C=S) groups is 1. The Bertz CT molecular complexity index is 1020. The minimum atomic E-state index is -0.501. The molecule has 0 saturated carbocycles. The van der Waals surface area contributed by atoms with Crippen LogP contribution in [0, 0.1) is 6.92 Å². The molecule has 0 radical (unpaired) electrons. The lowest BCUT2D eigenvalue weighted by molar-refractivity contribution is -0.140. The van der Waals surface area contributed by atoms with E-state index in [0.717, 1.165) is 16.9 Å². The summed E-state index contributed by atoms with van der Waals surface area (Å²) in [6.07, 6.45) is 1.70. The second kappa shape index (κ2) is 8.96. The van der Waals surface area contributed by atoms with Gasteiger partial charge in [0.1, 0.15) is 23.7 Å². The van der Waals surface area contributed by atoms with Gasteiger partial charge in [-0.15, -0.1) is 0 Å². The van der Waals surface area contributed by atoms with Crippen molar-refractivity contribution < 1.29 is 23.8 Å². The highest BCUT2D eigenvalue weighted by Crippen LogP contribution is 2.31. The first-order valence-electron chi connectivity index (χ1n) is 9.12. The Morgan fingerprint density at radius 3 is 2.33 bits per heavy atom. The van der Waals surface area contributed by atoms with Gasteiger partial charge in [-0.05, 0) is 72.7 Å². The predicted molar refractivity (Wildman–Crippen MR) is 118 cm³/mol. The van der Waals surface area contributed by atoms with Gasteiger partial charge >= 0.3 is 5.97 Å². The molecule has 0 N–H and O–H groups in total. The van der Waals surface area contributed by atoms with Crippen LogP contribution in [-0.2, 0) is 14.3 Å². The summed E-state index contributed by atoms with van der Waals surface area (Å²) < 4.78 is 15.3. The molecule has 0 aliphatic carbocycles. The average Bonchev–Trinajstić information content (AvgIpc) is 2.97. The number of anilines is 1. The van der Waals surface area contributed by atoms with Gasteiger partial charge in [-0.25, -0.2) is 0 Å². The van der Waals surface area contributed by atoms with E-state index in [2.05, 4.69) is 0 Å². The number of esters is 1. The summed E-state index contributed by atoms with van der Waals surface area (Å²) >= 11 is 5.54. The molecule has 0 atom stereocenters. The Morgan fingerprint density at radius 2 is 1.77 bits per heavy atom. The lowest BCUT2D eigenvalue weighted by Gasteiger charge is -2.19. The van der Waals surface area contributed by atoms with Crippen LogP contribution in [0.4, 0.5) is 5.69 Å². The molecule has 1 aliphatic rings. The normalized spacial score (nSPS) is 15.0. The number of ether oxygens (including phenoxy) is 3. The van der Waals surface area contributed by atoms with Gasteiger partial charge in [0.2, 0.25) is 0 Å². The van der Waals surface area contributed by atoms with E-state index in [1.165, 1.54) is 16.9 Å². The Kier molecular flexibility index (Phi) is 6.37. The molecule has 0 unspecified atom stereocenters. The molecular weight excluding hydrogens is 404 g/mol. The Balaban J connectivity index is 2.03. The van der Waals surface area contributed by atoms with E-state index in [1.807, 2.05) is 25.1 Å². The number of methoxy groups -OCH3 is 3. The van der Waals surface area contributed by atoms with E-state index in [9.17, 15) is 9.59 Å². The van der Waals surface area contributed by atoms with Crippen molar-refractivity contribution in [3.8, 4) is 11.5 Å². The molecule has 1 fully saturated rings. The molecule has 1 amide bonds. The summed E-state index contributed by atoms with van der Waals surface area (Å²) in [4.78, 5) is 28.1. The standard InChI is InChI=1S/C22H22N2O5S/c1-14-11-15(5-10-19(14)28-3)12-18-21(26)24(16-6-8-17(27-2)9-7-16)22(30)23(18)13-20(25)29-4/h5-12H,13H2,1-4H3/b18-12-. The number of nitrogens with zero attached hydrogens (tertiary/aromatic N) is 2. The third-order valence-electron chi connectivity index (χ3n) is 4.70. The van der Waals surface area contributed by atoms with Crippen molar-refractivity contribution in [2.75, 3.05) is 32.8 Å². The van der Waals surface area contributed by atoms with Gasteiger partial charge in [-0.3, -0.25) is 14.5 Å². The van der Waals surface area contributed by atoms with E-state index in [-0.39, 0.29) is 23.3 Å². The molecular formula is C22H22N2O5S. The fourth-order valence-electron chi connectivity index (χ4n) is 3.13. The summed E-state index contributed by atoms with van der Waals surface area (Å²) in [5, 5.41) is 0.201. The van der Waals surface area contributed by atoms with Gasteiger partial charge < -0.3 is 19.1 Å². The van der Waals surface area contributed by atoms with Crippen molar-refractivity contribution in [2.24, 2.45) is 0 Å². The van der Waals surface area contributed by atoms with Crippen molar-refractivity contribution in [1.82, 2.24) is 4.90 Å². The quantitative estimate of drug-likeness (QED) is 0.399. The molecule has 1 saturated heterocycles. The number of carbonyl (C=O) groups excluding carboxylic acids is 2. The number of hydrogen-bond donors (Lipinski definition) is 0. The van der Waals surface area contributed by atoms with E-state index >= 15 is 0 Å². The molecule has 0 bridgehead atoms. The zero-order valence-electron chi connectivity index (χ0n) is 17.2. The molecule has 1 aliphatic heterocycles. The summed E-state index contributed by atoms with van der Waals surface area (Å²) in [7, 11) is 4.46. The highest BCUT2D eigenvalue weighted by atomic mass is 32.1. The molecule has 1 heterocycles. The Labute approximate surface area is 180 Å². The van der Waals surface area contributed by atoms with Crippen LogP contribution >= 0.6 is 12.2 Å². The van der Waals surface area contributed by atoms with Crippen LogP contribution in [0.3, 0.4) is 0 Å². The van der Waals surface area contributed by atoms with Gasteiger partial charge in [0, 0.05) is 0 Å². The summed E-state index contributed by atoms with van der Waals surface area (Å²) in [6.45, 7) is 1.74. The van der Waals surface area contributed by atoms with Crippen LogP contribution < -0.4 is 14.4 Å². The first kappa shape index (κ1) is 21.3. The third-order valence-corrected chi connectivity index (χ3v) is 5.11. The van der Waals surface area contributed by atoms with Gasteiger partial charge in [-0.1, -0.05) is 6.07 Å². The van der Waals surface area contributed by atoms with Crippen LogP contribution in [0.5, 0.6) is 11.5 Å². The van der Waals surface area contributed by atoms with Crippen LogP contribution in [0.15, 0.2) is 48.2 Å². The van der Waals surface area contributed by atoms with Crippen molar-refractivity contribution in [3.05, 3.63) is 59.3 Å². The second-order valence-electron chi connectivity index (χ2n) is 6.54. The minimum absolute atomic E-state index is 0.172. The maximum atomic E-state index is 13.3. The van der Waals surface area contributed by atoms with E-state index in [1.54, 1.807) is 44.6 Å². The topological polar surface area (TPSA) is 68.3 Å². The highest BCUT2D eigenvalue weighted by molar-refractivity contribution is 7.80. The zero-order valence-corrected chi connectivity index (χ0v) is 18.0. The molecule has 7 nitrogen and oxygen atoms in total. The maximum absolute atomic E-state index is 13.3. The monoisotopic (exact) mass is 426 g/mol. The first-order chi connectivity index (χ1) is 14.4. The van der Waals surface area contributed by atoms with E-state index in [0.29, 0.717) is 11.4 Å². The first-order valence-corrected chi connectivity index (χ1v) is 9.53. The summed E-state index contributed by atoms with van der Waals surface area (Å²) in [5.41, 5.74) is 2.57. The minimum Gasteiger partial charge on any atom is -0.497 e. The molecule has 156 valence electrons. The fourth-order valence-corrected chi connectivity index (χ4v) is 3.49. The largest absolute Gasteiger partial charge is 0.497 e. The SMILES string of the molecule is COC(=O)CN1C(=S)N(c2ccc(OC)cc2)C(=O)/C1=C/c1ccc(OC)c(C)c1. The van der Waals surface area contributed by atoms with Crippen LogP contribution in [0.2, 0.25) is 0 Å². The Morgan fingerprint density at radius 1 is 1.07 bits per heavy atom. The highest BCUT2D eigenvalue weighted by Gasteiger charge is 2.40. The molecule has 3 rings (SSSR count). The zero-order chi connectivity index (χ0) is 21.8. The number of benzene rings is 2. The molecule has 30 heavy (non-hydrogen) atoms. The van der Waals surface area contributed by atoms with Crippen molar-refractivity contribution in [2.45, 2.75) is 6.92 Å². The predicted octanol–water partition coefficient (Wildman–Crippen LogP) is 3.16. The van der Waals surface area contributed by atoms with Crippen LogP contribution in [-0.4, -0.2) is 49.8 Å². The number of aryl methyl sites for hydroxylation is 1. The molecule has 8 heteroatoms. The van der Waals surface area contributed by atoms with Gasteiger partial charge in [0.15, 0.2) is 5.11 Å². The molecule has 0 spiro atoms. The molecule has 2 aromatic rings. The van der Waals surface area contributed by atoms with Gasteiger partial charge in [-0.2, -0.15) is 0 Å². The van der Waals surface area contributed by atoms with Crippen LogP contribution in [0.25, 0.3) is 6.08 Å². The average molecular weight is 426 g/mol. The smallest absolute Gasteiger partial charge is 0.325 e. The van der Waals surface area contributed by atoms with Crippen molar-refractivity contribution in [3.63, 3.8) is 0 Å². The van der Waals surface area contributed by atoms with Gasteiger partial charge in [0.25, 0.3) is 5.91 Å². The Hall–Kier alpha value is -3.39.